The van der Waals surface area contributed by atoms with E-state index in [-0.39, 0.29) is 23.5 Å². The van der Waals surface area contributed by atoms with Crippen molar-refractivity contribution in [2.24, 2.45) is 17.8 Å². The number of pyridine rings is 1. The summed E-state index contributed by atoms with van der Waals surface area (Å²) in [4.78, 5) is 31.8. The average molecular weight is 376 g/mol. The first-order valence-electron chi connectivity index (χ1n) is 9.95. The number of aryl methyl sites for hydroxylation is 1. The number of nitrogens with zero attached hydrogens (tertiary/aromatic N) is 2. The Kier molecular flexibility index (Phi) is 3.83. The summed E-state index contributed by atoms with van der Waals surface area (Å²) in [5.41, 5.74) is 2.32. The lowest BCUT2D eigenvalue weighted by Gasteiger charge is -2.37. The van der Waals surface area contributed by atoms with E-state index in [1.165, 1.54) is 0 Å². The molecule has 1 spiro atoms. The molecule has 0 saturated heterocycles. The van der Waals surface area contributed by atoms with E-state index < -0.39 is 5.60 Å². The van der Waals surface area contributed by atoms with Crippen molar-refractivity contribution in [2.75, 3.05) is 7.05 Å². The van der Waals surface area contributed by atoms with Crippen LogP contribution in [0, 0.1) is 24.7 Å². The van der Waals surface area contributed by atoms with Gasteiger partial charge in [-0.05, 0) is 55.5 Å². The Morgan fingerprint density at radius 1 is 1.29 bits per heavy atom. The summed E-state index contributed by atoms with van der Waals surface area (Å²) in [5, 5.41) is 0. The molecule has 28 heavy (non-hydrogen) atoms. The Labute approximate surface area is 164 Å². The normalized spacial score (nSPS) is 29.8. The predicted octanol–water partition coefficient (Wildman–Crippen LogP) is 3.41. The van der Waals surface area contributed by atoms with Crippen molar-refractivity contribution in [3.63, 3.8) is 0 Å². The van der Waals surface area contributed by atoms with E-state index in [1.807, 2.05) is 44.3 Å². The van der Waals surface area contributed by atoms with Gasteiger partial charge in [-0.15, -0.1) is 0 Å². The van der Waals surface area contributed by atoms with Gasteiger partial charge in [0.1, 0.15) is 11.4 Å². The van der Waals surface area contributed by atoms with Gasteiger partial charge in [0, 0.05) is 37.8 Å². The molecule has 0 N–H and O–H groups in total. The zero-order valence-electron chi connectivity index (χ0n) is 16.2. The highest BCUT2D eigenvalue weighted by Gasteiger charge is 2.70. The van der Waals surface area contributed by atoms with Crippen molar-refractivity contribution in [3.8, 4) is 5.75 Å². The molecule has 2 aromatic rings. The van der Waals surface area contributed by atoms with E-state index in [1.54, 1.807) is 17.3 Å². The first-order chi connectivity index (χ1) is 13.5. The number of ketones is 1. The van der Waals surface area contributed by atoms with E-state index in [9.17, 15) is 9.59 Å². The molecule has 4 atom stereocenters. The number of hydrogen-bond acceptors (Lipinski definition) is 4. The van der Waals surface area contributed by atoms with Crippen molar-refractivity contribution < 1.29 is 14.3 Å². The van der Waals surface area contributed by atoms with Crippen molar-refractivity contribution >= 4 is 11.7 Å². The minimum Gasteiger partial charge on any atom is -0.486 e. The number of carbonyl (C=O) groups is 2. The molecule has 5 rings (SSSR count). The molecule has 1 aliphatic heterocycles. The molecule has 2 fully saturated rings. The van der Waals surface area contributed by atoms with Gasteiger partial charge in [-0.25, -0.2) is 0 Å². The smallest absolute Gasteiger partial charge is 0.226 e. The molecule has 0 unspecified atom stereocenters. The standard InChI is InChI=1S/C23H24N2O3/c1-14-3-4-19-17(11-14)18(26)12-23(28-19)8-5-16-20(21(16)23)22(27)25(2)13-15-6-9-24-10-7-15/h3-4,6-7,9-11,16,20-21H,5,8,12-13H2,1-2H3/t16-,20+,21+,23-/m0/s1. The maximum atomic E-state index is 13.1. The van der Waals surface area contributed by atoms with E-state index in [0.29, 0.717) is 30.2 Å². The molecule has 1 aromatic heterocycles. The third kappa shape index (κ3) is 2.64. The molecular weight excluding hydrogens is 352 g/mol. The minimum absolute atomic E-state index is 0.0274. The Morgan fingerprint density at radius 3 is 2.86 bits per heavy atom. The lowest BCUT2D eigenvalue weighted by molar-refractivity contribution is -0.133. The number of benzene rings is 1. The molecule has 2 saturated carbocycles. The van der Waals surface area contributed by atoms with Crippen LogP contribution in [0.25, 0.3) is 0 Å². The van der Waals surface area contributed by atoms with Crippen LogP contribution in [0.3, 0.4) is 0 Å². The summed E-state index contributed by atoms with van der Waals surface area (Å²) in [6.07, 6.45) is 5.70. The number of rotatable bonds is 3. The second kappa shape index (κ2) is 6.16. The van der Waals surface area contributed by atoms with Gasteiger partial charge in [-0.3, -0.25) is 14.6 Å². The van der Waals surface area contributed by atoms with Gasteiger partial charge in [0.05, 0.1) is 12.0 Å². The number of carbonyl (C=O) groups excluding carboxylic acids is 2. The van der Waals surface area contributed by atoms with Crippen LogP contribution >= 0.6 is 0 Å². The minimum atomic E-state index is -0.498. The third-order valence-electron chi connectivity index (χ3n) is 6.72. The van der Waals surface area contributed by atoms with Crippen LogP contribution in [0.1, 0.15) is 40.7 Å². The predicted molar refractivity (Wildman–Crippen MR) is 104 cm³/mol. The highest BCUT2D eigenvalue weighted by atomic mass is 16.5. The molecule has 1 amide bonds. The number of fused-ring (bicyclic) bond motifs is 3. The number of aromatic nitrogens is 1. The van der Waals surface area contributed by atoms with Gasteiger partial charge in [0.15, 0.2) is 5.78 Å². The lowest BCUT2D eigenvalue weighted by Crippen LogP contribution is -2.44. The molecule has 144 valence electrons. The quantitative estimate of drug-likeness (QED) is 0.824. The van der Waals surface area contributed by atoms with Crippen molar-refractivity contribution in [1.82, 2.24) is 9.88 Å². The largest absolute Gasteiger partial charge is 0.486 e. The number of ether oxygens (including phenoxy) is 1. The van der Waals surface area contributed by atoms with E-state index in [0.717, 1.165) is 24.0 Å². The maximum absolute atomic E-state index is 13.1. The molecule has 3 aliphatic rings. The van der Waals surface area contributed by atoms with Crippen LogP contribution in [0.2, 0.25) is 0 Å². The highest BCUT2D eigenvalue weighted by Crippen LogP contribution is 2.66. The second-order valence-electron chi connectivity index (χ2n) is 8.57. The van der Waals surface area contributed by atoms with E-state index in [2.05, 4.69) is 4.98 Å². The average Bonchev–Trinajstić information content (AvgIpc) is 3.33. The summed E-state index contributed by atoms with van der Waals surface area (Å²) >= 11 is 0. The topological polar surface area (TPSA) is 59.5 Å². The van der Waals surface area contributed by atoms with E-state index in [4.69, 9.17) is 4.74 Å². The van der Waals surface area contributed by atoms with E-state index >= 15 is 0 Å². The monoisotopic (exact) mass is 376 g/mol. The fourth-order valence-electron chi connectivity index (χ4n) is 5.36. The third-order valence-corrected chi connectivity index (χ3v) is 6.72. The van der Waals surface area contributed by atoms with Gasteiger partial charge >= 0.3 is 0 Å². The van der Waals surface area contributed by atoms with Crippen molar-refractivity contribution in [1.29, 1.82) is 0 Å². The maximum Gasteiger partial charge on any atom is 0.226 e. The SMILES string of the molecule is Cc1ccc2c(c1)C(=O)C[C@]1(CC[C@H]3[C@@H](C(=O)N(C)Cc4ccncc4)[C@@H]31)O2. The Hall–Kier alpha value is -2.69. The molecular formula is C23H24N2O3. The summed E-state index contributed by atoms with van der Waals surface area (Å²) in [6, 6.07) is 9.66. The fourth-order valence-corrected chi connectivity index (χ4v) is 5.36. The van der Waals surface area contributed by atoms with Crippen LogP contribution in [0.15, 0.2) is 42.7 Å². The molecule has 5 nitrogen and oxygen atoms in total. The first-order valence-corrected chi connectivity index (χ1v) is 9.95. The number of hydrogen-bond donors (Lipinski definition) is 0. The highest BCUT2D eigenvalue weighted by molar-refractivity contribution is 6.01. The van der Waals surface area contributed by atoms with Gasteiger partial charge in [0.2, 0.25) is 5.91 Å². The fraction of sp³-hybridized carbons (Fsp3) is 0.435. The van der Waals surface area contributed by atoms with Gasteiger partial charge in [-0.1, -0.05) is 11.6 Å². The lowest BCUT2D eigenvalue weighted by atomic mass is 9.84. The summed E-state index contributed by atoms with van der Waals surface area (Å²) in [7, 11) is 1.86. The Balaban J connectivity index is 1.34. The molecule has 2 aliphatic carbocycles. The molecule has 5 heteroatoms. The van der Waals surface area contributed by atoms with Gasteiger partial charge in [0.25, 0.3) is 0 Å². The summed E-state index contributed by atoms with van der Waals surface area (Å²) in [5.74, 6) is 1.46. The molecule has 0 radical (unpaired) electrons. The van der Waals surface area contributed by atoms with Crippen LogP contribution in [0.5, 0.6) is 5.75 Å². The van der Waals surface area contributed by atoms with Crippen LogP contribution in [-0.4, -0.2) is 34.2 Å². The Bertz CT molecular complexity index is 958. The van der Waals surface area contributed by atoms with Crippen molar-refractivity contribution in [3.05, 3.63) is 59.4 Å². The zero-order valence-corrected chi connectivity index (χ0v) is 16.2. The summed E-state index contributed by atoms with van der Waals surface area (Å²) < 4.78 is 6.44. The first kappa shape index (κ1) is 17.4. The zero-order chi connectivity index (χ0) is 19.5. The van der Waals surface area contributed by atoms with Crippen molar-refractivity contribution in [2.45, 2.75) is 38.3 Å². The number of amides is 1. The van der Waals surface area contributed by atoms with Crippen LogP contribution in [0.4, 0.5) is 0 Å². The van der Waals surface area contributed by atoms with Crippen LogP contribution in [-0.2, 0) is 11.3 Å². The van der Waals surface area contributed by atoms with Crippen LogP contribution < -0.4 is 4.74 Å². The molecule has 1 aromatic carbocycles. The Morgan fingerprint density at radius 2 is 2.07 bits per heavy atom. The molecule has 0 bridgehead atoms. The second-order valence-corrected chi connectivity index (χ2v) is 8.57. The number of Topliss-reactive ketones (excluding diaryl/α,β-unsaturated/α-hetero) is 1. The van der Waals surface area contributed by atoms with Gasteiger partial charge in [-0.2, -0.15) is 0 Å². The summed E-state index contributed by atoms with van der Waals surface area (Å²) in [6.45, 7) is 2.56. The molecule has 2 heterocycles. The van der Waals surface area contributed by atoms with Gasteiger partial charge < -0.3 is 9.64 Å².